The summed E-state index contributed by atoms with van der Waals surface area (Å²) in [5.41, 5.74) is 0. The summed E-state index contributed by atoms with van der Waals surface area (Å²) in [5.74, 6) is -1.63. The van der Waals surface area contributed by atoms with Crippen LogP contribution in [-0.4, -0.2) is 32.1 Å². The number of rotatable bonds is 6. The van der Waals surface area contributed by atoms with E-state index < -0.39 is 11.6 Å². The number of hydrogen-bond donors (Lipinski definition) is 2. The minimum Gasteiger partial charge on any atom is -0.488 e. The van der Waals surface area contributed by atoms with Gasteiger partial charge in [0.15, 0.2) is 11.6 Å². The summed E-state index contributed by atoms with van der Waals surface area (Å²) in [6, 6.07) is 2.81. The summed E-state index contributed by atoms with van der Waals surface area (Å²) in [7, 11) is 1.66. The van der Waals surface area contributed by atoms with Crippen molar-refractivity contribution in [1.82, 2.24) is 10.6 Å². The average Bonchev–Trinajstić information content (AvgIpc) is 2.28. The van der Waals surface area contributed by atoms with Crippen LogP contribution in [0, 0.1) is 11.6 Å². The Kier molecular flexibility index (Phi) is 5.51. The molecule has 0 bridgehead atoms. The van der Waals surface area contributed by atoms with Gasteiger partial charge in [-0.3, -0.25) is 4.79 Å². The number of ether oxygens (including phenoxy) is 1. The highest BCUT2D eigenvalue weighted by molar-refractivity contribution is 5.78. The van der Waals surface area contributed by atoms with Crippen LogP contribution in [0.25, 0.3) is 0 Å². The maximum Gasteiger partial charge on any atom is 0.234 e. The van der Waals surface area contributed by atoms with Gasteiger partial charge in [0.25, 0.3) is 0 Å². The molecule has 1 aromatic carbocycles. The first-order chi connectivity index (χ1) is 8.52. The fourth-order valence-electron chi connectivity index (χ4n) is 1.34. The van der Waals surface area contributed by atoms with Gasteiger partial charge in [0.05, 0.1) is 12.6 Å². The van der Waals surface area contributed by atoms with Crippen molar-refractivity contribution >= 4 is 5.91 Å². The summed E-state index contributed by atoms with van der Waals surface area (Å²) in [6.45, 7) is 2.04. The molecule has 6 heteroatoms. The molecule has 1 rings (SSSR count). The van der Waals surface area contributed by atoms with Crippen molar-refractivity contribution in [1.29, 1.82) is 0 Å². The molecular weight excluding hydrogens is 242 g/mol. The summed E-state index contributed by atoms with van der Waals surface area (Å²) in [5, 5.41) is 5.37. The van der Waals surface area contributed by atoms with E-state index >= 15 is 0 Å². The van der Waals surface area contributed by atoms with E-state index in [1.54, 1.807) is 14.0 Å². The molecule has 1 atom stereocenters. The highest BCUT2D eigenvalue weighted by atomic mass is 19.1. The van der Waals surface area contributed by atoms with Crippen LogP contribution in [0.4, 0.5) is 8.78 Å². The number of hydrogen-bond acceptors (Lipinski definition) is 3. The second kappa shape index (κ2) is 6.90. The molecule has 0 saturated heterocycles. The highest BCUT2D eigenvalue weighted by Gasteiger charge is 2.09. The molecule has 0 saturated carbocycles. The van der Waals surface area contributed by atoms with Crippen LogP contribution >= 0.6 is 0 Å². The third-order valence-electron chi connectivity index (χ3n) is 2.13. The number of nitrogens with one attached hydrogen (secondary N) is 2. The molecule has 100 valence electrons. The molecule has 0 radical (unpaired) electrons. The van der Waals surface area contributed by atoms with Gasteiger partial charge in [0.2, 0.25) is 5.91 Å². The fraction of sp³-hybridized carbons (Fsp3) is 0.417. The van der Waals surface area contributed by atoms with E-state index in [2.05, 4.69) is 10.6 Å². The van der Waals surface area contributed by atoms with Gasteiger partial charge in [0, 0.05) is 6.07 Å². The molecule has 0 aromatic heterocycles. The largest absolute Gasteiger partial charge is 0.488 e. The van der Waals surface area contributed by atoms with Crippen LogP contribution in [0.1, 0.15) is 6.92 Å². The van der Waals surface area contributed by atoms with Crippen LogP contribution in [0.3, 0.4) is 0 Å². The summed E-state index contributed by atoms with van der Waals surface area (Å²) in [6.07, 6.45) is 0. The van der Waals surface area contributed by atoms with Crippen molar-refractivity contribution in [3.05, 3.63) is 29.8 Å². The number of benzene rings is 1. The Hall–Kier alpha value is -1.69. The number of amides is 1. The smallest absolute Gasteiger partial charge is 0.234 e. The molecule has 2 N–H and O–H groups in total. The van der Waals surface area contributed by atoms with Crippen LogP contribution < -0.4 is 15.4 Å². The van der Waals surface area contributed by atoms with Crippen LogP contribution in [0.5, 0.6) is 5.75 Å². The third kappa shape index (κ3) is 4.67. The number of carbonyl (C=O) groups excluding carboxylic acids is 1. The van der Waals surface area contributed by atoms with Gasteiger partial charge >= 0.3 is 0 Å². The Balaban J connectivity index is 2.42. The predicted molar refractivity (Wildman–Crippen MR) is 63.4 cm³/mol. The van der Waals surface area contributed by atoms with Gasteiger partial charge in [-0.25, -0.2) is 8.78 Å². The summed E-state index contributed by atoms with van der Waals surface area (Å²) >= 11 is 0. The zero-order valence-corrected chi connectivity index (χ0v) is 10.3. The van der Waals surface area contributed by atoms with Crippen LogP contribution in [0.15, 0.2) is 18.2 Å². The van der Waals surface area contributed by atoms with Crippen molar-refractivity contribution in [2.45, 2.75) is 13.0 Å². The Morgan fingerprint density at radius 2 is 2.17 bits per heavy atom. The van der Waals surface area contributed by atoms with Crippen LogP contribution in [-0.2, 0) is 4.79 Å². The molecule has 18 heavy (non-hydrogen) atoms. The Bertz CT molecular complexity index is 413. The number of halogens is 2. The second-order valence-corrected chi connectivity index (χ2v) is 3.88. The van der Waals surface area contributed by atoms with Gasteiger partial charge in [-0.1, -0.05) is 0 Å². The first-order valence-corrected chi connectivity index (χ1v) is 5.54. The van der Waals surface area contributed by atoms with Gasteiger partial charge < -0.3 is 15.4 Å². The quantitative estimate of drug-likeness (QED) is 0.802. The van der Waals surface area contributed by atoms with E-state index in [1.165, 1.54) is 6.07 Å². The third-order valence-corrected chi connectivity index (χ3v) is 2.13. The molecule has 1 unspecified atom stereocenters. The molecule has 1 amide bonds. The first-order valence-electron chi connectivity index (χ1n) is 5.54. The second-order valence-electron chi connectivity index (χ2n) is 3.88. The van der Waals surface area contributed by atoms with Crippen molar-refractivity contribution in [3.63, 3.8) is 0 Å². The molecule has 0 spiro atoms. The maximum atomic E-state index is 13.2. The zero-order valence-electron chi connectivity index (χ0n) is 10.3. The van der Waals surface area contributed by atoms with E-state index in [4.69, 9.17) is 4.74 Å². The summed E-state index contributed by atoms with van der Waals surface area (Å²) < 4.78 is 31.0. The lowest BCUT2D eigenvalue weighted by atomic mass is 10.3. The Morgan fingerprint density at radius 3 is 2.78 bits per heavy atom. The standard InChI is InChI=1S/C12H16F2N2O2/c1-8(16-12(17)6-15-2)7-18-11-4-3-9(13)5-10(11)14/h3-5,8,15H,6-7H2,1-2H3,(H,16,17). The Morgan fingerprint density at radius 1 is 1.44 bits per heavy atom. The van der Waals surface area contributed by atoms with Gasteiger partial charge in [-0.2, -0.15) is 0 Å². The molecule has 0 aliphatic heterocycles. The first kappa shape index (κ1) is 14.4. The summed E-state index contributed by atoms with van der Waals surface area (Å²) in [4.78, 5) is 11.2. The molecule has 1 aromatic rings. The predicted octanol–water partition coefficient (Wildman–Crippen LogP) is 1.07. The zero-order chi connectivity index (χ0) is 13.5. The van der Waals surface area contributed by atoms with E-state index in [0.29, 0.717) is 0 Å². The van der Waals surface area contributed by atoms with Crippen molar-refractivity contribution < 1.29 is 18.3 Å². The van der Waals surface area contributed by atoms with E-state index in [9.17, 15) is 13.6 Å². The van der Waals surface area contributed by atoms with Crippen molar-refractivity contribution in [2.24, 2.45) is 0 Å². The van der Waals surface area contributed by atoms with E-state index in [1.807, 2.05) is 0 Å². The van der Waals surface area contributed by atoms with Gasteiger partial charge in [0.1, 0.15) is 12.4 Å². The van der Waals surface area contributed by atoms with Crippen molar-refractivity contribution in [2.75, 3.05) is 20.2 Å². The Labute approximate surface area is 104 Å². The SMILES string of the molecule is CNCC(=O)NC(C)COc1ccc(F)cc1F. The van der Waals surface area contributed by atoms with Gasteiger partial charge in [-0.15, -0.1) is 0 Å². The van der Waals surface area contributed by atoms with Gasteiger partial charge in [-0.05, 0) is 26.1 Å². The lowest BCUT2D eigenvalue weighted by Crippen LogP contribution is -2.41. The average molecular weight is 258 g/mol. The number of likely N-dealkylation sites (N-methyl/N-ethyl adjacent to an activating group) is 1. The molecule has 0 aliphatic rings. The van der Waals surface area contributed by atoms with Crippen molar-refractivity contribution in [3.8, 4) is 5.75 Å². The lowest BCUT2D eigenvalue weighted by molar-refractivity contribution is -0.120. The lowest BCUT2D eigenvalue weighted by Gasteiger charge is -2.15. The monoisotopic (exact) mass is 258 g/mol. The fourth-order valence-corrected chi connectivity index (χ4v) is 1.34. The minimum atomic E-state index is -0.760. The number of carbonyl (C=O) groups is 1. The van der Waals surface area contributed by atoms with E-state index in [-0.39, 0.29) is 30.9 Å². The molecule has 0 aliphatic carbocycles. The highest BCUT2D eigenvalue weighted by Crippen LogP contribution is 2.17. The normalized spacial score (nSPS) is 12.0. The molecular formula is C12H16F2N2O2. The molecule has 4 nitrogen and oxygen atoms in total. The molecule has 0 heterocycles. The topological polar surface area (TPSA) is 50.4 Å². The van der Waals surface area contributed by atoms with E-state index in [0.717, 1.165) is 12.1 Å². The van der Waals surface area contributed by atoms with Crippen LogP contribution in [0.2, 0.25) is 0 Å². The molecule has 0 fully saturated rings. The minimum absolute atomic E-state index is 0.0360. The maximum absolute atomic E-state index is 13.2.